The molecule has 3 aromatic rings. The fourth-order valence-electron chi connectivity index (χ4n) is 2.67. The summed E-state index contributed by atoms with van der Waals surface area (Å²) in [5, 5.41) is 3.79. The Labute approximate surface area is 157 Å². The number of rotatable bonds is 4. The Morgan fingerprint density at radius 2 is 1.93 bits per heavy atom. The average Bonchev–Trinajstić information content (AvgIpc) is 3.03. The first-order valence-electron chi connectivity index (χ1n) is 8.26. The molecule has 0 aliphatic carbocycles. The van der Waals surface area contributed by atoms with Gasteiger partial charge in [-0.3, -0.25) is 9.59 Å². The largest absolute Gasteiger partial charge is 0.416 e. The third-order valence-electron chi connectivity index (χ3n) is 4.01. The van der Waals surface area contributed by atoms with E-state index in [9.17, 15) is 22.8 Å². The molecule has 2 heterocycles. The van der Waals surface area contributed by atoms with Gasteiger partial charge in [-0.15, -0.1) is 0 Å². The number of carbonyl (C=O) groups is 1. The Kier molecular flexibility index (Phi) is 5.08. The van der Waals surface area contributed by atoms with Crippen LogP contribution in [0.5, 0.6) is 0 Å². The van der Waals surface area contributed by atoms with Crippen LogP contribution in [0.25, 0.3) is 0 Å². The highest BCUT2D eigenvalue weighted by Crippen LogP contribution is 2.32. The topological polar surface area (TPSA) is 79.2 Å². The van der Waals surface area contributed by atoms with Gasteiger partial charge >= 0.3 is 6.18 Å². The predicted octanol–water partition coefficient (Wildman–Crippen LogP) is 3.85. The van der Waals surface area contributed by atoms with E-state index in [1.807, 2.05) is 0 Å². The van der Waals surface area contributed by atoms with E-state index in [1.54, 1.807) is 26.0 Å². The Balaban J connectivity index is 2.07. The molecule has 1 aromatic carbocycles. The number of alkyl halides is 3. The number of anilines is 1. The first-order chi connectivity index (χ1) is 13.1. The summed E-state index contributed by atoms with van der Waals surface area (Å²) >= 11 is 0. The van der Waals surface area contributed by atoms with Crippen LogP contribution in [-0.2, 0) is 12.7 Å². The molecule has 0 aliphatic heterocycles. The smallest absolute Gasteiger partial charge is 0.361 e. The molecule has 0 atom stereocenters. The lowest BCUT2D eigenvalue weighted by atomic mass is 10.1. The highest BCUT2D eigenvalue weighted by molar-refractivity contribution is 6.05. The van der Waals surface area contributed by atoms with Gasteiger partial charge in [-0.25, -0.2) is 0 Å². The number of carbonyl (C=O) groups excluding carboxylic acids is 1. The summed E-state index contributed by atoms with van der Waals surface area (Å²) in [6.45, 7) is 3.14. The van der Waals surface area contributed by atoms with Gasteiger partial charge in [-0.05, 0) is 44.2 Å². The number of pyridine rings is 1. The maximum atomic E-state index is 13.1. The van der Waals surface area contributed by atoms with Crippen LogP contribution in [0.2, 0.25) is 0 Å². The van der Waals surface area contributed by atoms with Gasteiger partial charge in [0.2, 0.25) is 0 Å². The molecule has 1 N–H and O–H groups in total. The number of nitrogens with one attached hydrogen (secondary N) is 1. The Hall–Kier alpha value is -3.36. The summed E-state index contributed by atoms with van der Waals surface area (Å²) in [7, 11) is 0. The Bertz CT molecular complexity index is 1070. The maximum Gasteiger partial charge on any atom is 0.416 e. The first-order valence-corrected chi connectivity index (χ1v) is 8.26. The highest BCUT2D eigenvalue weighted by Gasteiger charge is 2.32. The Morgan fingerprint density at radius 3 is 2.54 bits per heavy atom. The van der Waals surface area contributed by atoms with Crippen LogP contribution in [0.3, 0.4) is 0 Å². The molecule has 0 radical (unpaired) electrons. The summed E-state index contributed by atoms with van der Waals surface area (Å²) < 4.78 is 44.3. The number of hydrogen-bond acceptors (Lipinski definition) is 4. The Morgan fingerprint density at radius 1 is 1.18 bits per heavy atom. The van der Waals surface area contributed by atoms with E-state index < -0.39 is 23.2 Å². The molecule has 146 valence electrons. The molecule has 0 fully saturated rings. The van der Waals surface area contributed by atoms with Crippen molar-refractivity contribution in [1.82, 2.24) is 10.1 Å². The normalized spacial score (nSPS) is 11.5. The molecule has 3 rings (SSSR count). The molecule has 1 amide bonds. The monoisotopic (exact) mass is 391 g/mol. The summed E-state index contributed by atoms with van der Waals surface area (Å²) in [5.41, 5.74) is -0.843. The number of aromatic amines is 1. The molecule has 6 nitrogen and oxygen atoms in total. The molecule has 0 aliphatic rings. The highest BCUT2D eigenvalue weighted by atomic mass is 19.4. The lowest BCUT2D eigenvalue weighted by molar-refractivity contribution is -0.137. The van der Waals surface area contributed by atoms with Gasteiger partial charge in [-0.2, -0.15) is 13.2 Å². The van der Waals surface area contributed by atoms with Crippen molar-refractivity contribution < 1.29 is 22.5 Å². The van der Waals surface area contributed by atoms with Crippen LogP contribution in [-0.4, -0.2) is 16.0 Å². The van der Waals surface area contributed by atoms with Gasteiger partial charge in [0, 0.05) is 17.4 Å². The van der Waals surface area contributed by atoms with E-state index in [2.05, 4.69) is 10.1 Å². The van der Waals surface area contributed by atoms with Crippen molar-refractivity contribution in [2.45, 2.75) is 26.6 Å². The lowest BCUT2D eigenvalue weighted by Crippen LogP contribution is -2.34. The number of aromatic nitrogens is 2. The van der Waals surface area contributed by atoms with E-state index in [4.69, 9.17) is 4.52 Å². The summed E-state index contributed by atoms with van der Waals surface area (Å²) in [4.78, 5) is 28.8. The van der Waals surface area contributed by atoms with Crippen molar-refractivity contribution in [2.75, 3.05) is 4.90 Å². The minimum atomic E-state index is -4.57. The van der Waals surface area contributed by atoms with Crippen molar-refractivity contribution in [1.29, 1.82) is 0 Å². The van der Waals surface area contributed by atoms with E-state index in [1.165, 1.54) is 18.2 Å². The second-order valence-electron chi connectivity index (χ2n) is 6.25. The fourth-order valence-corrected chi connectivity index (χ4v) is 2.67. The van der Waals surface area contributed by atoms with E-state index >= 15 is 0 Å². The third kappa shape index (κ3) is 4.13. The van der Waals surface area contributed by atoms with Gasteiger partial charge in [0.25, 0.3) is 11.5 Å². The van der Waals surface area contributed by atoms with Crippen LogP contribution >= 0.6 is 0 Å². The number of amides is 1. The van der Waals surface area contributed by atoms with Crippen molar-refractivity contribution in [3.05, 3.63) is 81.1 Å². The van der Waals surface area contributed by atoms with Crippen molar-refractivity contribution in [2.24, 2.45) is 0 Å². The molecule has 0 unspecified atom stereocenters. The number of benzene rings is 1. The number of nitrogens with zero attached hydrogens (tertiary/aromatic N) is 2. The predicted molar refractivity (Wildman–Crippen MR) is 95.0 cm³/mol. The quantitative estimate of drug-likeness (QED) is 0.733. The zero-order chi connectivity index (χ0) is 20.5. The molecule has 0 saturated carbocycles. The molecule has 9 heteroatoms. The van der Waals surface area contributed by atoms with Gasteiger partial charge in [0.1, 0.15) is 17.0 Å². The minimum Gasteiger partial charge on any atom is -0.361 e. The second-order valence-corrected chi connectivity index (χ2v) is 6.25. The van der Waals surface area contributed by atoms with Crippen molar-refractivity contribution in [3.63, 3.8) is 0 Å². The molecule has 2 aromatic heterocycles. The molecular weight excluding hydrogens is 375 g/mol. The SMILES string of the molecule is Cc1ccc(C(=O)N(Cc2cc(C)on2)c2cccc(C(F)(F)F)c2)c(=O)[nH]1. The zero-order valence-electron chi connectivity index (χ0n) is 15.0. The molecular formula is C19H16F3N3O3. The molecule has 0 bridgehead atoms. The summed E-state index contributed by atoms with van der Waals surface area (Å²) in [6.07, 6.45) is -4.57. The summed E-state index contributed by atoms with van der Waals surface area (Å²) in [6, 6.07) is 8.77. The van der Waals surface area contributed by atoms with E-state index in [-0.39, 0.29) is 17.8 Å². The van der Waals surface area contributed by atoms with Gasteiger partial charge in [-0.1, -0.05) is 11.2 Å². The average molecular weight is 391 g/mol. The van der Waals surface area contributed by atoms with Crippen LogP contribution in [0.1, 0.15) is 33.1 Å². The maximum absolute atomic E-state index is 13.1. The van der Waals surface area contributed by atoms with Crippen LogP contribution in [0.15, 0.2) is 51.8 Å². The van der Waals surface area contributed by atoms with Gasteiger partial charge < -0.3 is 14.4 Å². The third-order valence-corrected chi connectivity index (χ3v) is 4.01. The summed E-state index contributed by atoms with van der Waals surface area (Å²) in [5.74, 6) is -0.263. The molecule has 28 heavy (non-hydrogen) atoms. The van der Waals surface area contributed by atoms with Gasteiger partial charge in [0.15, 0.2) is 0 Å². The molecule has 0 spiro atoms. The second kappa shape index (κ2) is 7.34. The number of H-pyrrole nitrogens is 1. The number of hydrogen-bond donors (Lipinski definition) is 1. The van der Waals surface area contributed by atoms with Crippen molar-refractivity contribution in [3.8, 4) is 0 Å². The van der Waals surface area contributed by atoms with Crippen LogP contribution in [0, 0.1) is 13.8 Å². The number of aryl methyl sites for hydroxylation is 2. The molecule has 0 saturated heterocycles. The number of halogens is 3. The van der Waals surface area contributed by atoms with Crippen molar-refractivity contribution >= 4 is 11.6 Å². The zero-order valence-corrected chi connectivity index (χ0v) is 15.0. The first kappa shape index (κ1) is 19.4. The standard InChI is InChI=1S/C19H16F3N3O3/c1-11-6-7-16(17(26)23-11)18(27)25(10-14-8-12(2)28-24-14)15-5-3-4-13(9-15)19(20,21)22/h3-9H,10H2,1-2H3,(H,23,26). The van der Waals surface area contributed by atoms with E-state index in [0.29, 0.717) is 17.1 Å². The van der Waals surface area contributed by atoms with Crippen LogP contribution in [0.4, 0.5) is 18.9 Å². The van der Waals surface area contributed by atoms with E-state index in [0.717, 1.165) is 17.0 Å². The minimum absolute atomic E-state index is 0.0135. The lowest BCUT2D eigenvalue weighted by Gasteiger charge is -2.22. The fraction of sp³-hybridized carbons (Fsp3) is 0.211. The van der Waals surface area contributed by atoms with Crippen LogP contribution < -0.4 is 10.5 Å². The van der Waals surface area contributed by atoms with Gasteiger partial charge in [0.05, 0.1) is 12.1 Å².